The van der Waals surface area contributed by atoms with Gasteiger partial charge in [-0.3, -0.25) is 0 Å². The number of aliphatic hydroxyl groups is 5. The molecule has 0 bridgehead atoms. The van der Waals surface area contributed by atoms with E-state index in [2.05, 4.69) is 4.74 Å². The van der Waals surface area contributed by atoms with Gasteiger partial charge >= 0.3 is 0 Å². The van der Waals surface area contributed by atoms with Gasteiger partial charge in [-0.1, -0.05) is 0 Å². The zero-order valence-corrected chi connectivity index (χ0v) is 7.16. The van der Waals surface area contributed by atoms with Crippen molar-refractivity contribution in [1.82, 2.24) is 0 Å². The molecule has 0 aromatic carbocycles. The highest BCUT2D eigenvalue weighted by Gasteiger charge is 2.50. The van der Waals surface area contributed by atoms with E-state index in [1.54, 1.807) is 0 Å². The fourth-order valence-electron chi connectivity index (χ4n) is 1.23. The monoisotopic (exact) mass is 194 g/mol. The van der Waals surface area contributed by atoms with Crippen LogP contribution in [0.2, 0.25) is 0 Å². The lowest BCUT2D eigenvalue weighted by molar-refractivity contribution is -0.323. The largest absolute Gasteiger partial charge is 0.394 e. The molecule has 1 rings (SSSR count). The zero-order valence-electron chi connectivity index (χ0n) is 7.16. The SMILES string of the molecule is C[C@@]1(O)[C@@H](O)O[C@H](CO)[C@@H](O)[C@@H]1O. The van der Waals surface area contributed by atoms with Gasteiger partial charge in [0.25, 0.3) is 0 Å². The predicted molar refractivity (Wildman–Crippen MR) is 40.6 cm³/mol. The Morgan fingerprint density at radius 1 is 1.31 bits per heavy atom. The molecule has 1 fully saturated rings. The number of ether oxygens (including phenoxy) is 1. The average molecular weight is 194 g/mol. The van der Waals surface area contributed by atoms with E-state index in [1.165, 1.54) is 0 Å². The van der Waals surface area contributed by atoms with Gasteiger partial charge in [-0.15, -0.1) is 0 Å². The molecule has 1 aliphatic rings. The maximum absolute atomic E-state index is 9.43. The Morgan fingerprint density at radius 2 is 1.85 bits per heavy atom. The van der Waals surface area contributed by atoms with E-state index in [4.69, 9.17) is 5.11 Å². The van der Waals surface area contributed by atoms with E-state index in [-0.39, 0.29) is 0 Å². The quantitative estimate of drug-likeness (QED) is 0.308. The van der Waals surface area contributed by atoms with Crippen molar-refractivity contribution in [1.29, 1.82) is 0 Å². The Morgan fingerprint density at radius 3 is 2.31 bits per heavy atom. The Labute approximate surface area is 75.0 Å². The van der Waals surface area contributed by atoms with E-state index in [0.29, 0.717) is 0 Å². The molecule has 0 aromatic rings. The molecule has 0 saturated carbocycles. The van der Waals surface area contributed by atoms with Crippen molar-refractivity contribution in [3.8, 4) is 0 Å². The summed E-state index contributed by atoms with van der Waals surface area (Å²) in [5, 5.41) is 45.9. The lowest BCUT2D eigenvalue weighted by Crippen LogP contribution is -2.65. The molecule has 0 unspecified atom stereocenters. The molecule has 0 aliphatic carbocycles. The van der Waals surface area contributed by atoms with Gasteiger partial charge in [0.1, 0.15) is 23.9 Å². The molecule has 5 N–H and O–H groups in total. The van der Waals surface area contributed by atoms with Crippen LogP contribution in [0.5, 0.6) is 0 Å². The lowest BCUT2D eigenvalue weighted by Gasteiger charge is -2.43. The minimum absolute atomic E-state index is 0.536. The summed E-state index contributed by atoms with van der Waals surface area (Å²) in [6.07, 6.45) is -5.66. The van der Waals surface area contributed by atoms with Gasteiger partial charge < -0.3 is 30.3 Å². The van der Waals surface area contributed by atoms with Crippen LogP contribution in [-0.2, 0) is 4.74 Å². The minimum Gasteiger partial charge on any atom is -0.394 e. The summed E-state index contributed by atoms with van der Waals surface area (Å²) in [7, 11) is 0. The van der Waals surface area contributed by atoms with Crippen LogP contribution in [0.1, 0.15) is 6.92 Å². The molecule has 6 heteroatoms. The smallest absolute Gasteiger partial charge is 0.186 e. The molecule has 0 radical (unpaired) electrons. The number of hydrogen-bond donors (Lipinski definition) is 5. The van der Waals surface area contributed by atoms with Crippen LogP contribution in [0.4, 0.5) is 0 Å². The summed E-state index contributed by atoms with van der Waals surface area (Å²) in [4.78, 5) is 0. The van der Waals surface area contributed by atoms with Gasteiger partial charge in [0.2, 0.25) is 0 Å². The van der Waals surface area contributed by atoms with Crippen LogP contribution < -0.4 is 0 Å². The van der Waals surface area contributed by atoms with Gasteiger partial charge in [0.15, 0.2) is 6.29 Å². The van der Waals surface area contributed by atoms with Crippen LogP contribution in [0, 0.1) is 0 Å². The average Bonchev–Trinajstić information content (AvgIpc) is 2.09. The fraction of sp³-hybridized carbons (Fsp3) is 1.00. The number of aliphatic hydroxyl groups excluding tert-OH is 4. The van der Waals surface area contributed by atoms with Crippen molar-refractivity contribution in [3.63, 3.8) is 0 Å². The molecule has 1 aliphatic heterocycles. The Hall–Kier alpha value is -0.240. The standard InChI is InChI=1S/C7H14O6/c1-7(12)5(10)4(9)3(2-8)13-6(7)11/h3-6,8-12H,2H2,1H3/t3-,4-,5+,6+,7+/m1/s1. The van der Waals surface area contributed by atoms with Gasteiger partial charge in [-0.05, 0) is 6.92 Å². The Balaban J connectivity index is 2.79. The first-order valence-corrected chi connectivity index (χ1v) is 3.94. The van der Waals surface area contributed by atoms with Crippen LogP contribution >= 0.6 is 0 Å². The number of rotatable bonds is 1. The normalized spacial score (nSPS) is 52.2. The van der Waals surface area contributed by atoms with Crippen molar-refractivity contribution in [2.45, 2.75) is 37.1 Å². The van der Waals surface area contributed by atoms with Crippen LogP contribution in [-0.4, -0.2) is 62.3 Å². The molecule has 78 valence electrons. The number of hydrogen-bond acceptors (Lipinski definition) is 6. The van der Waals surface area contributed by atoms with E-state index in [9.17, 15) is 20.4 Å². The summed E-state index contributed by atoms with van der Waals surface area (Å²) < 4.78 is 4.68. The van der Waals surface area contributed by atoms with E-state index in [0.717, 1.165) is 6.92 Å². The fourth-order valence-corrected chi connectivity index (χ4v) is 1.23. The van der Waals surface area contributed by atoms with Crippen molar-refractivity contribution in [2.75, 3.05) is 6.61 Å². The third-order valence-electron chi connectivity index (χ3n) is 2.29. The maximum atomic E-state index is 9.43. The highest BCUT2D eigenvalue weighted by molar-refractivity contribution is 4.96. The second-order valence-electron chi connectivity index (χ2n) is 3.37. The Kier molecular flexibility index (Phi) is 2.91. The Bertz CT molecular complexity index is 182. The minimum atomic E-state index is -1.93. The molecule has 5 atom stereocenters. The van der Waals surface area contributed by atoms with E-state index < -0.39 is 36.8 Å². The maximum Gasteiger partial charge on any atom is 0.186 e. The molecule has 0 amide bonds. The third-order valence-corrected chi connectivity index (χ3v) is 2.29. The summed E-state index contributed by atoms with van der Waals surface area (Å²) >= 11 is 0. The summed E-state index contributed by atoms with van der Waals surface area (Å²) in [6.45, 7) is 0.602. The summed E-state index contributed by atoms with van der Waals surface area (Å²) in [5.41, 5.74) is -1.93. The van der Waals surface area contributed by atoms with Crippen LogP contribution in [0.25, 0.3) is 0 Å². The first-order valence-electron chi connectivity index (χ1n) is 3.94. The second-order valence-corrected chi connectivity index (χ2v) is 3.37. The second kappa shape index (κ2) is 3.49. The first-order chi connectivity index (χ1) is 5.91. The van der Waals surface area contributed by atoms with E-state index in [1.807, 2.05) is 0 Å². The molecule has 1 heterocycles. The van der Waals surface area contributed by atoms with Crippen molar-refractivity contribution >= 4 is 0 Å². The van der Waals surface area contributed by atoms with Gasteiger partial charge in [-0.2, -0.15) is 0 Å². The zero-order chi connectivity index (χ0) is 10.2. The molecule has 0 spiro atoms. The van der Waals surface area contributed by atoms with E-state index >= 15 is 0 Å². The van der Waals surface area contributed by atoms with Gasteiger partial charge in [0, 0.05) is 0 Å². The van der Waals surface area contributed by atoms with Crippen molar-refractivity contribution in [3.05, 3.63) is 0 Å². The molecular weight excluding hydrogens is 180 g/mol. The molecule has 0 aromatic heterocycles. The molecule has 6 nitrogen and oxygen atoms in total. The van der Waals surface area contributed by atoms with Gasteiger partial charge in [0.05, 0.1) is 6.61 Å². The molecule has 1 saturated heterocycles. The summed E-state index contributed by atoms with van der Waals surface area (Å²) in [5.74, 6) is 0. The molecular formula is C7H14O6. The predicted octanol–water partition coefficient (Wildman–Crippen LogP) is -2.83. The van der Waals surface area contributed by atoms with Gasteiger partial charge in [-0.25, -0.2) is 0 Å². The molecule has 13 heavy (non-hydrogen) atoms. The highest BCUT2D eigenvalue weighted by atomic mass is 16.6. The van der Waals surface area contributed by atoms with Crippen LogP contribution in [0.15, 0.2) is 0 Å². The van der Waals surface area contributed by atoms with Crippen molar-refractivity contribution < 1.29 is 30.3 Å². The van der Waals surface area contributed by atoms with Crippen LogP contribution in [0.3, 0.4) is 0 Å². The third kappa shape index (κ3) is 1.69. The lowest BCUT2D eigenvalue weighted by atomic mass is 9.88. The topological polar surface area (TPSA) is 110 Å². The summed E-state index contributed by atoms with van der Waals surface area (Å²) in [6, 6.07) is 0. The first kappa shape index (κ1) is 10.8. The highest BCUT2D eigenvalue weighted by Crippen LogP contribution is 2.27. The van der Waals surface area contributed by atoms with Crippen molar-refractivity contribution in [2.24, 2.45) is 0 Å².